The number of phenolic OH excluding ortho intramolecular Hbond substituents is 1. The van der Waals surface area contributed by atoms with Crippen molar-refractivity contribution in [2.75, 3.05) is 0 Å². The number of carbonyl (C=O) groups is 1. The van der Waals surface area contributed by atoms with Crippen LogP contribution in [0.3, 0.4) is 0 Å². The Bertz CT molecular complexity index is 1280. The molecule has 4 aromatic rings. The maximum Gasteiger partial charge on any atom is 0.289 e. The number of H-pyrrole nitrogens is 1. The molecule has 8 heteroatoms. The molecule has 1 heterocycles. The summed E-state index contributed by atoms with van der Waals surface area (Å²) >= 11 is 5.90. The van der Waals surface area contributed by atoms with Crippen LogP contribution in [-0.2, 0) is 6.61 Å². The summed E-state index contributed by atoms with van der Waals surface area (Å²) in [5, 5.41) is 21.3. The molecule has 0 unspecified atom stereocenters. The third-order valence-electron chi connectivity index (χ3n) is 4.88. The number of aromatic amines is 1. The van der Waals surface area contributed by atoms with Crippen molar-refractivity contribution in [1.29, 1.82) is 0 Å². The first-order valence-electron chi connectivity index (χ1n) is 10.1. The van der Waals surface area contributed by atoms with Gasteiger partial charge in [-0.15, -0.1) is 0 Å². The first-order chi connectivity index (χ1) is 16.0. The molecule has 0 aliphatic rings. The van der Waals surface area contributed by atoms with Gasteiger partial charge in [-0.1, -0.05) is 35.9 Å². The molecule has 0 aliphatic heterocycles. The lowest BCUT2D eigenvalue weighted by atomic mass is 10.1. The Morgan fingerprint density at radius 2 is 1.85 bits per heavy atom. The molecule has 3 N–H and O–H groups in total. The molecular formula is C25H21ClN4O3. The SMILES string of the molecule is C/C(=N\NC(=O)c1cc(-c2ccc(OCc3ccc(Cl)cc3)cc2)n[nH]1)c1cccc(O)c1. The van der Waals surface area contributed by atoms with Crippen LogP contribution in [0.25, 0.3) is 11.3 Å². The van der Waals surface area contributed by atoms with Crippen molar-refractivity contribution < 1.29 is 14.6 Å². The van der Waals surface area contributed by atoms with Crippen molar-refractivity contribution in [3.05, 3.63) is 101 Å². The second-order valence-corrected chi connectivity index (χ2v) is 7.73. The fourth-order valence-corrected chi connectivity index (χ4v) is 3.17. The Morgan fingerprint density at radius 1 is 1.09 bits per heavy atom. The van der Waals surface area contributed by atoms with Crippen LogP contribution in [0.4, 0.5) is 0 Å². The number of hydrazone groups is 1. The summed E-state index contributed by atoms with van der Waals surface area (Å²) in [6, 6.07) is 23.2. The molecule has 166 valence electrons. The van der Waals surface area contributed by atoms with Crippen LogP contribution in [0, 0.1) is 0 Å². The number of hydrogen-bond donors (Lipinski definition) is 3. The lowest BCUT2D eigenvalue weighted by Crippen LogP contribution is -2.19. The topological polar surface area (TPSA) is 99.6 Å². The van der Waals surface area contributed by atoms with Crippen LogP contribution in [0.1, 0.15) is 28.5 Å². The Labute approximate surface area is 195 Å². The zero-order valence-corrected chi connectivity index (χ0v) is 18.5. The highest BCUT2D eigenvalue weighted by Crippen LogP contribution is 2.22. The molecule has 0 atom stereocenters. The van der Waals surface area contributed by atoms with E-state index in [1.807, 2.05) is 48.5 Å². The zero-order valence-electron chi connectivity index (χ0n) is 17.7. The van der Waals surface area contributed by atoms with Crippen molar-refractivity contribution in [3.63, 3.8) is 0 Å². The van der Waals surface area contributed by atoms with E-state index >= 15 is 0 Å². The number of halogens is 1. The Balaban J connectivity index is 1.36. The first kappa shape index (κ1) is 22.1. The number of aromatic nitrogens is 2. The van der Waals surface area contributed by atoms with Crippen molar-refractivity contribution in [1.82, 2.24) is 15.6 Å². The quantitative estimate of drug-likeness (QED) is 0.261. The number of rotatable bonds is 7. The number of nitrogens with zero attached hydrogens (tertiary/aromatic N) is 2. The predicted octanol–water partition coefficient (Wildman–Crippen LogP) is 5.17. The second-order valence-electron chi connectivity index (χ2n) is 7.29. The molecule has 1 aromatic heterocycles. The zero-order chi connectivity index (χ0) is 23.2. The normalized spacial score (nSPS) is 11.3. The molecule has 7 nitrogen and oxygen atoms in total. The lowest BCUT2D eigenvalue weighted by molar-refractivity contribution is 0.0950. The molecule has 4 rings (SSSR count). The maximum atomic E-state index is 12.4. The van der Waals surface area contributed by atoms with E-state index in [0.29, 0.717) is 28.6 Å². The van der Waals surface area contributed by atoms with Crippen molar-refractivity contribution in [2.24, 2.45) is 5.10 Å². The van der Waals surface area contributed by atoms with E-state index in [2.05, 4.69) is 20.7 Å². The number of nitrogens with one attached hydrogen (secondary N) is 2. The summed E-state index contributed by atoms with van der Waals surface area (Å²) in [7, 11) is 0. The van der Waals surface area contributed by atoms with Crippen molar-refractivity contribution >= 4 is 23.2 Å². The number of amides is 1. The van der Waals surface area contributed by atoms with E-state index < -0.39 is 5.91 Å². The van der Waals surface area contributed by atoms with E-state index in [0.717, 1.165) is 16.9 Å². The molecule has 3 aromatic carbocycles. The van der Waals surface area contributed by atoms with Gasteiger partial charge in [-0.05, 0) is 67.1 Å². The van der Waals surface area contributed by atoms with Crippen LogP contribution >= 0.6 is 11.6 Å². The predicted molar refractivity (Wildman–Crippen MR) is 128 cm³/mol. The maximum absolute atomic E-state index is 12.4. The highest BCUT2D eigenvalue weighted by molar-refractivity contribution is 6.30. The van der Waals surface area contributed by atoms with Gasteiger partial charge in [-0.25, -0.2) is 5.43 Å². The molecule has 0 saturated heterocycles. The summed E-state index contributed by atoms with van der Waals surface area (Å²) in [4.78, 5) is 12.4. The van der Waals surface area contributed by atoms with Gasteiger partial charge >= 0.3 is 0 Å². The Kier molecular flexibility index (Phi) is 6.71. The van der Waals surface area contributed by atoms with Crippen LogP contribution in [0.5, 0.6) is 11.5 Å². The summed E-state index contributed by atoms with van der Waals surface area (Å²) in [5.41, 5.74) is 6.52. The molecule has 0 radical (unpaired) electrons. The van der Waals surface area contributed by atoms with E-state index in [9.17, 15) is 9.90 Å². The molecular weight excluding hydrogens is 440 g/mol. The standard InChI is InChI=1S/C25H21ClN4O3/c1-16(19-3-2-4-21(31)13-19)27-30-25(32)24-14-23(28-29-24)18-7-11-22(12-8-18)33-15-17-5-9-20(26)10-6-17/h2-14,31H,15H2,1H3,(H,28,29)(H,30,32)/b27-16+. The van der Waals surface area contributed by atoms with E-state index in [1.165, 1.54) is 0 Å². The summed E-state index contributed by atoms with van der Waals surface area (Å²) in [5.74, 6) is 0.433. The number of ether oxygens (including phenoxy) is 1. The van der Waals surface area contributed by atoms with Gasteiger partial charge < -0.3 is 9.84 Å². The highest BCUT2D eigenvalue weighted by atomic mass is 35.5. The van der Waals surface area contributed by atoms with Crippen molar-refractivity contribution in [3.8, 4) is 22.8 Å². The van der Waals surface area contributed by atoms with Crippen LogP contribution in [-0.4, -0.2) is 26.9 Å². The Hall–Kier alpha value is -4.10. The van der Waals surface area contributed by atoms with Gasteiger partial charge in [0.2, 0.25) is 0 Å². The largest absolute Gasteiger partial charge is 0.508 e. The van der Waals surface area contributed by atoms with Gasteiger partial charge in [0.25, 0.3) is 5.91 Å². The summed E-state index contributed by atoms with van der Waals surface area (Å²) in [6.45, 7) is 2.18. The van der Waals surface area contributed by atoms with Gasteiger partial charge in [-0.2, -0.15) is 10.2 Å². The van der Waals surface area contributed by atoms with Gasteiger partial charge in [0.15, 0.2) is 0 Å². The van der Waals surface area contributed by atoms with Gasteiger partial charge in [0.05, 0.1) is 11.4 Å². The fraction of sp³-hybridized carbons (Fsp3) is 0.0800. The molecule has 0 saturated carbocycles. The second kappa shape index (κ2) is 10.0. The van der Waals surface area contributed by atoms with Crippen LogP contribution in [0.2, 0.25) is 5.02 Å². The lowest BCUT2D eigenvalue weighted by Gasteiger charge is -2.07. The number of phenols is 1. The molecule has 0 fully saturated rings. The third kappa shape index (κ3) is 5.78. The van der Waals surface area contributed by atoms with Gasteiger partial charge in [-0.3, -0.25) is 9.89 Å². The molecule has 0 aliphatic carbocycles. The molecule has 0 bridgehead atoms. The minimum absolute atomic E-state index is 0.132. The van der Waals surface area contributed by atoms with Crippen LogP contribution in [0.15, 0.2) is 84.0 Å². The minimum atomic E-state index is -0.420. The number of hydrogen-bond acceptors (Lipinski definition) is 5. The van der Waals surface area contributed by atoms with E-state index in [4.69, 9.17) is 16.3 Å². The average molecular weight is 461 g/mol. The van der Waals surface area contributed by atoms with Gasteiger partial charge in [0.1, 0.15) is 23.8 Å². The van der Waals surface area contributed by atoms with Crippen LogP contribution < -0.4 is 10.2 Å². The van der Waals surface area contributed by atoms with Gasteiger partial charge in [0, 0.05) is 16.1 Å². The summed E-state index contributed by atoms with van der Waals surface area (Å²) in [6.07, 6.45) is 0. The first-order valence-corrected chi connectivity index (χ1v) is 10.5. The molecule has 1 amide bonds. The average Bonchev–Trinajstić information content (AvgIpc) is 3.33. The number of aromatic hydroxyl groups is 1. The number of benzene rings is 3. The van der Waals surface area contributed by atoms with Crippen molar-refractivity contribution in [2.45, 2.75) is 13.5 Å². The highest BCUT2D eigenvalue weighted by Gasteiger charge is 2.11. The monoisotopic (exact) mass is 460 g/mol. The van der Waals surface area contributed by atoms with E-state index in [-0.39, 0.29) is 11.4 Å². The number of carbonyl (C=O) groups excluding carboxylic acids is 1. The third-order valence-corrected chi connectivity index (χ3v) is 5.13. The van der Waals surface area contributed by atoms with E-state index in [1.54, 1.807) is 37.3 Å². The smallest absolute Gasteiger partial charge is 0.289 e. The fourth-order valence-electron chi connectivity index (χ4n) is 3.05. The molecule has 0 spiro atoms. The summed E-state index contributed by atoms with van der Waals surface area (Å²) < 4.78 is 5.80. The Morgan fingerprint density at radius 3 is 2.58 bits per heavy atom. The minimum Gasteiger partial charge on any atom is -0.508 e. The molecule has 33 heavy (non-hydrogen) atoms.